The molecule has 3 fully saturated rings. The van der Waals surface area contributed by atoms with Crippen molar-refractivity contribution in [3.8, 4) is 29.0 Å². The molecule has 0 bridgehead atoms. The topological polar surface area (TPSA) is 312 Å². The normalized spacial score (nSPS) is 18.4. The maximum atomic E-state index is 13.8. The van der Waals surface area contributed by atoms with Crippen LogP contribution in [0.15, 0.2) is 126 Å². The van der Waals surface area contributed by atoms with Crippen molar-refractivity contribution in [1.82, 2.24) is 30.1 Å². The smallest absolute Gasteiger partial charge is 0.338 e. The Bertz CT molecular complexity index is 5280. The Balaban J connectivity index is 0.000000150. The Hall–Kier alpha value is -9.32. The van der Waals surface area contributed by atoms with E-state index in [1.165, 1.54) is 24.3 Å². The number of alkyl halides is 1. The lowest BCUT2D eigenvalue weighted by molar-refractivity contribution is -0.384. The number of H-pyrrole nitrogens is 1. The molecule has 628 valence electrons. The van der Waals surface area contributed by atoms with Gasteiger partial charge in [-0.15, -0.1) is 11.6 Å². The van der Waals surface area contributed by atoms with E-state index in [2.05, 4.69) is 20.3 Å². The number of amides is 3. The number of fused-ring (bicyclic) bond motifs is 3. The summed E-state index contributed by atoms with van der Waals surface area (Å²) >= 11 is 45.1. The molecule has 119 heavy (non-hydrogen) atoms. The molecule has 6 aliphatic rings. The van der Waals surface area contributed by atoms with E-state index in [0.29, 0.717) is 174 Å². The Labute approximate surface area is 722 Å². The summed E-state index contributed by atoms with van der Waals surface area (Å²) < 4.78 is 51.7. The lowest BCUT2D eigenvalue weighted by Crippen LogP contribution is -2.39. The number of aromatic nitrogens is 3. The van der Waals surface area contributed by atoms with E-state index in [-0.39, 0.29) is 113 Å². The first-order valence-corrected chi connectivity index (χ1v) is 41.4. The Kier molecular flexibility index (Phi) is 30.5. The summed E-state index contributed by atoms with van der Waals surface area (Å²) in [5, 5.41) is 34.0. The molecule has 0 saturated carbocycles. The van der Waals surface area contributed by atoms with Crippen LogP contribution in [0.5, 0.6) is 29.0 Å². The number of ether oxygens (including phenoxy) is 9. The van der Waals surface area contributed by atoms with E-state index in [0.717, 1.165) is 61.6 Å². The first kappa shape index (κ1) is 89.0. The number of pyridine rings is 3. The van der Waals surface area contributed by atoms with E-state index in [9.17, 15) is 44.3 Å². The van der Waals surface area contributed by atoms with Gasteiger partial charge in [-0.1, -0.05) is 130 Å². The molecule has 9 aromatic rings. The number of nitro groups is 1. The van der Waals surface area contributed by atoms with Gasteiger partial charge >= 0.3 is 5.97 Å². The predicted octanol–water partition coefficient (Wildman–Crippen LogP) is 15.9. The zero-order valence-electron chi connectivity index (χ0n) is 66.0. The third-order valence-electron chi connectivity index (χ3n) is 20.8. The number of hydrogen-bond donors (Lipinski definition) is 4. The standard InChI is InChI=1S/C29H30Cl2N2O5.C22H24Cl2N2O5.C21H18Cl2N2O7.C15H16ClNO/c1-17-10-18(2)32-28(37-15-19-6-4-3-5-7-19)23(17)13-33-9-8-22-24(30)12-25(27(31)26(22)29(33)35)38-21-11-20(14-34)36-16-21;1-11-5-12(2)25-21(28)16(11)8-26-4-3-15-17(23)7-18(20(24)19(15)22(26)29)31-14-6-13(9-27)30-10-14;22-16-8-17(19(23)18-15(16)5-6-24-20(18)26)32-14-7-13(30-10-14)9-31-21(27)11-1-3-12(4-2-11)25(28)29;1-11-8-12(2)17-15(14(11)9-16)18-10-13-6-4-3-5-7-13/h3-7,10,12,20-21,34H,8-9,11,13-16H2,1-2H3;5,7,13-14,27H,3-4,6,8-10H2,1-2H3,(H,25,28);1-4,8,13-14H,5-7,9-10H2,(H,24,26);3-8H,9-10H2,1-2H3/t20-,21-;2*13-,14-;/m111./s1. The molecular formula is C87H88Cl7N7O18. The highest BCUT2D eigenvalue weighted by atomic mass is 35.5. The minimum atomic E-state index is -0.608. The maximum absolute atomic E-state index is 13.8. The molecule has 4 N–H and O–H groups in total. The summed E-state index contributed by atoms with van der Waals surface area (Å²) in [7, 11) is 0. The van der Waals surface area contributed by atoms with Crippen LogP contribution in [0.2, 0.25) is 30.1 Å². The van der Waals surface area contributed by atoms with Gasteiger partial charge in [-0.25, -0.2) is 14.8 Å². The van der Waals surface area contributed by atoms with E-state index >= 15 is 0 Å². The molecule has 32 heteroatoms. The summed E-state index contributed by atoms with van der Waals surface area (Å²) in [6, 6.07) is 35.9. The van der Waals surface area contributed by atoms with Gasteiger partial charge in [0, 0.05) is 118 Å². The molecule has 3 saturated heterocycles. The van der Waals surface area contributed by atoms with Gasteiger partial charge in [0.15, 0.2) is 0 Å². The number of halogens is 7. The number of rotatable bonds is 23. The first-order valence-electron chi connectivity index (χ1n) is 38.6. The fourth-order valence-electron chi connectivity index (χ4n) is 14.6. The molecule has 0 spiro atoms. The molecule has 6 atom stereocenters. The van der Waals surface area contributed by atoms with Crippen molar-refractivity contribution in [3.05, 3.63) is 272 Å². The maximum Gasteiger partial charge on any atom is 0.338 e. The summed E-state index contributed by atoms with van der Waals surface area (Å²) in [5.41, 5.74) is 13.1. The minimum Gasteiger partial charge on any atom is -0.486 e. The highest BCUT2D eigenvalue weighted by Crippen LogP contribution is 2.44. The van der Waals surface area contributed by atoms with Crippen molar-refractivity contribution >= 4 is 111 Å². The molecule has 6 aliphatic heterocycles. The molecule has 3 amide bonds. The highest BCUT2D eigenvalue weighted by molar-refractivity contribution is 6.39. The van der Waals surface area contributed by atoms with Crippen molar-refractivity contribution in [2.45, 2.75) is 149 Å². The number of nitrogens with zero attached hydrogens (tertiary/aromatic N) is 5. The van der Waals surface area contributed by atoms with E-state index in [4.69, 9.17) is 124 Å². The van der Waals surface area contributed by atoms with Crippen LogP contribution in [0.1, 0.15) is 139 Å². The van der Waals surface area contributed by atoms with Crippen LogP contribution in [0.25, 0.3) is 0 Å². The van der Waals surface area contributed by atoms with Gasteiger partial charge in [0.05, 0.1) is 113 Å². The lowest BCUT2D eigenvalue weighted by atomic mass is 9.97. The molecule has 3 aromatic heterocycles. The van der Waals surface area contributed by atoms with Gasteiger partial charge < -0.3 is 72.9 Å². The first-order chi connectivity index (χ1) is 57.1. The average Bonchev–Trinajstić information content (AvgIpc) is 1.24. The largest absolute Gasteiger partial charge is 0.486 e. The van der Waals surface area contributed by atoms with Crippen LogP contribution in [-0.2, 0) is 70.4 Å². The van der Waals surface area contributed by atoms with E-state index < -0.39 is 17.0 Å². The fourth-order valence-corrected chi connectivity index (χ4v) is 16.7. The second kappa shape index (κ2) is 40.8. The van der Waals surface area contributed by atoms with E-state index in [1.54, 1.807) is 28.0 Å². The van der Waals surface area contributed by atoms with Crippen molar-refractivity contribution in [3.63, 3.8) is 0 Å². The number of aromatic amines is 1. The van der Waals surface area contributed by atoms with Gasteiger partial charge in [0.1, 0.15) is 55.4 Å². The van der Waals surface area contributed by atoms with Gasteiger partial charge in [0.2, 0.25) is 11.8 Å². The van der Waals surface area contributed by atoms with Crippen molar-refractivity contribution in [2.75, 3.05) is 59.3 Å². The van der Waals surface area contributed by atoms with E-state index in [1.807, 2.05) is 120 Å². The zero-order chi connectivity index (χ0) is 84.9. The number of carbonyl (C=O) groups is 4. The Morgan fingerprint density at radius 1 is 0.555 bits per heavy atom. The molecule has 25 nitrogen and oxygen atoms in total. The second-order valence-corrected chi connectivity index (χ2v) is 32.1. The summed E-state index contributed by atoms with van der Waals surface area (Å²) in [4.78, 5) is 89.2. The minimum absolute atomic E-state index is 0.00321. The summed E-state index contributed by atoms with van der Waals surface area (Å²) in [6.45, 7) is 15.2. The number of nitrogens with one attached hydrogen (secondary N) is 2. The SMILES string of the molecule is Cc1cc(C)c(CCl)c(OCc2ccccc2)n1.Cc1cc(C)c(CN2CCc3c(Cl)cc(O[C@H]4CO[C@@H](CO)C4)c(Cl)c3C2=O)c(=O)[nH]1.Cc1cc(C)c(CN2CCc3c(Cl)cc(O[C@H]4CO[C@@H](CO)C4)c(Cl)c3C2=O)c(OCc2ccccc2)n1.O=C(OC[C@H]1C[C@@H](Oc2cc(Cl)c3c(c2Cl)C(=O)NCC3)CO1)c1ccc([N+](=O)[O-])cc1. The quantitative estimate of drug-likeness (QED) is 0.0200. The Morgan fingerprint density at radius 3 is 1.44 bits per heavy atom. The van der Waals surface area contributed by atoms with Crippen LogP contribution < -0.4 is 34.6 Å². The third-order valence-corrected chi connectivity index (χ3v) is 23.2. The van der Waals surface area contributed by atoms with Crippen LogP contribution in [-0.4, -0.2) is 159 Å². The van der Waals surface area contributed by atoms with Crippen LogP contribution in [0, 0.1) is 51.7 Å². The second-order valence-electron chi connectivity index (χ2n) is 29.4. The number of carbonyl (C=O) groups excluding carboxylic acids is 4. The number of aliphatic hydroxyl groups is 2. The number of nitro benzene ring substituents is 1. The number of non-ortho nitro benzene ring substituents is 1. The molecule has 9 heterocycles. The van der Waals surface area contributed by atoms with Crippen LogP contribution in [0.3, 0.4) is 0 Å². The van der Waals surface area contributed by atoms with Crippen LogP contribution in [0.4, 0.5) is 5.69 Å². The monoisotopic (exact) mass is 1760 g/mol. The molecule has 0 aliphatic carbocycles. The van der Waals surface area contributed by atoms with Gasteiger partial charge in [-0.3, -0.25) is 29.3 Å². The zero-order valence-corrected chi connectivity index (χ0v) is 71.3. The molecule has 15 rings (SSSR count). The number of benzene rings is 6. The molecule has 6 aromatic carbocycles. The van der Waals surface area contributed by atoms with Crippen LogP contribution >= 0.6 is 81.2 Å². The predicted molar refractivity (Wildman–Crippen MR) is 451 cm³/mol. The van der Waals surface area contributed by atoms with Gasteiger partial charge in [-0.05, 0) is 136 Å². The number of hydrogen-bond acceptors (Lipinski definition) is 20. The average molecular weight is 1770 g/mol. The molecule has 0 radical (unpaired) electrons. The fraction of sp³-hybridized carbons (Fsp3) is 0.368. The molecular weight excluding hydrogens is 1680 g/mol. The van der Waals surface area contributed by atoms with Crippen molar-refractivity contribution in [2.24, 2.45) is 0 Å². The molecule has 0 unspecified atom stereocenters. The Morgan fingerprint density at radius 2 is 0.983 bits per heavy atom. The van der Waals surface area contributed by atoms with Gasteiger partial charge in [-0.2, -0.15) is 0 Å². The van der Waals surface area contributed by atoms with Gasteiger partial charge in [0.25, 0.3) is 29.0 Å². The van der Waals surface area contributed by atoms with Crippen molar-refractivity contribution in [1.29, 1.82) is 0 Å². The lowest BCUT2D eigenvalue weighted by Gasteiger charge is -2.31. The van der Waals surface area contributed by atoms with Crippen molar-refractivity contribution < 1.29 is 76.9 Å². The number of aliphatic hydroxyl groups excluding tert-OH is 2. The summed E-state index contributed by atoms with van der Waals surface area (Å²) in [6.07, 6.45) is 1.32. The summed E-state index contributed by atoms with van der Waals surface area (Å²) in [5.74, 6) is 1.15. The highest BCUT2D eigenvalue weighted by Gasteiger charge is 2.38. The number of aryl methyl sites for hydroxylation is 6. The third kappa shape index (κ3) is 22.1. The number of esters is 1.